The fourth-order valence-corrected chi connectivity index (χ4v) is 13.6. The molecule has 0 radical (unpaired) electrons. The highest BCUT2D eigenvalue weighted by molar-refractivity contribution is 6.09. The average Bonchev–Trinajstić information content (AvgIpc) is 2.52. The number of ether oxygens (including phenoxy) is 1. The predicted molar refractivity (Wildman–Crippen MR) is 341 cm³/mol. The first-order valence-electron chi connectivity index (χ1n) is 30.4. The molecule has 83 heavy (non-hydrogen) atoms. The Labute approximate surface area is 488 Å². The number of hydrogen-bond acceptors (Lipinski definition) is 2. The SMILES string of the molecule is CC(C)c1cc(-c2cccc(-c3cc(F)cc(F)c3)c2[N+]2=C=[N+](c3cc(Oc4ccc5c6ccccc6n(-c6cc(C(C)(C)C)ccn6)c5c4)cc(-c4c(C5CCCCC5)cccc4C4CCCCC4)c3)c3ccccc32)cc(C(C)C)c1. The molecule has 8 aromatic carbocycles. The van der Waals surface area contributed by atoms with Crippen molar-refractivity contribution in [1.82, 2.24) is 18.7 Å². The Balaban J connectivity index is 1.07. The third kappa shape index (κ3) is 10.4. The number of rotatable bonds is 12. The van der Waals surface area contributed by atoms with Crippen LogP contribution in [0.1, 0.15) is 164 Å². The van der Waals surface area contributed by atoms with E-state index in [2.05, 4.69) is 208 Å². The molecular weight excluding hydrogens is 1020 g/mol. The van der Waals surface area contributed by atoms with Gasteiger partial charge < -0.3 is 4.74 Å². The Bertz CT molecular complexity index is 4130. The summed E-state index contributed by atoms with van der Waals surface area (Å²) in [6, 6.07) is 62.5. The minimum absolute atomic E-state index is 0.0645. The second-order valence-electron chi connectivity index (χ2n) is 25.3. The first kappa shape index (κ1) is 54.0. The molecule has 0 bridgehead atoms. The van der Waals surface area contributed by atoms with Crippen LogP contribution in [0, 0.1) is 11.6 Å². The van der Waals surface area contributed by atoms with Crippen molar-refractivity contribution in [2.45, 2.75) is 142 Å². The van der Waals surface area contributed by atoms with Crippen LogP contribution in [-0.2, 0) is 5.41 Å². The number of halogens is 2. The quantitative estimate of drug-likeness (QED) is 0.114. The van der Waals surface area contributed by atoms with Gasteiger partial charge in [0.1, 0.15) is 29.0 Å². The Hall–Kier alpha value is -8.25. The Morgan fingerprint density at radius 3 is 1.76 bits per heavy atom. The first-order chi connectivity index (χ1) is 40.2. The normalized spacial score (nSPS) is 15.1. The molecule has 3 heterocycles. The van der Waals surface area contributed by atoms with E-state index in [0.717, 1.165) is 73.1 Å². The van der Waals surface area contributed by atoms with Gasteiger partial charge in [0.05, 0.1) is 28.2 Å². The summed E-state index contributed by atoms with van der Waals surface area (Å²) < 4.78 is 44.9. The molecule has 416 valence electrons. The highest BCUT2D eigenvalue weighted by Crippen LogP contribution is 2.50. The van der Waals surface area contributed by atoms with Gasteiger partial charge in [0.2, 0.25) is 11.4 Å². The summed E-state index contributed by atoms with van der Waals surface area (Å²) in [5, 5.41) is 2.28. The van der Waals surface area contributed by atoms with Crippen molar-refractivity contribution in [3.8, 4) is 50.7 Å². The second-order valence-corrected chi connectivity index (χ2v) is 25.3. The molecule has 2 fully saturated rings. The van der Waals surface area contributed by atoms with Crippen LogP contribution in [0.5, 0.6) is 11.5 Å². The van der Waals surface area contributed by atoms with E-state index in [1.807, 2.05) is 18.3 Å². The van der Waals surface area contributed by atoms with Crippen molar-refractivity contribution in [3.05, 3.63) is 216 Å². The molecule has 2 saturated carbocycles. The Morgan fingerprint density at radius 1 is 0.530 bits per heavy atom. The highest BCUT2D eigenvalue weighted by Gasteiger charge is 2.40. The number of pyridine rings is 1. The zero-order valence-corrected chi connectivity index (χ0v) is 49.1. The largest absolute Gasteiger partial charge is 0.503 e. The molecule has 2 aliphatic carbocycles. The van der Waals surface area contributed by atoms with Crippen molar-refractivity contribution >= 4 is 50.6 Å². The van der Waals surface area contributed by atoms with Crippen molar-refractivity contribution in [2.75, 3.05) is 0 Å². The van der Waals surface area contributed by atoms with Gasteiger partial charge in [-0.3, -0.25) is 4.57 Å². The fourth-order valence-electron chi connectivity index (χ4n) is 13.6. The minimum atomic E-state index is -0.630. The summed E-state index contributed by atoms with van der Waals surface area (Å²) in [6.07, 6.45) is 14.1. The second kappa shape index (κ2) is 22.1. The summed E-state index contributed by atoms with van der Waals surface area (Å²) in [4.78, 5) is 5.00. The molecule has 0 amide bonds. The third-order valence-electron chi connectivity index (χ3n) is 18.0. The van der Waals surface area contributed by atoms with E-state index in [9.17, 15) is 0 Å². The van der Waals surface area contributed by atoms with E-state index in [-0.39, 0.29) is 17.3 Å². The molecule has 10 aromatic rings. The van der Waals surface area contributed by atoms with Gasteiger partial charge in [-0.15, -0.1) is 0 Å². The van der Waals surface area contributed by atoms with E-state index in [0.29, 0.717) is 34.5 Å². The molecule has 0 saturated heterocycles. The molecule has 7 heteroatoms. The molecule has 1 aliphatic heterocycles. The van der Waals surface area contributed by atoms with Crippen LogP contribution in [-0.4, -0.2) is 15.6 Å². The fraction of sp³-hybridized carbons (Fsp3) is 0.289. The van der Waals surface area contributed by atoms with Gasteiger partial charge in [-0.2, -0.15) is 0 Å². The van der Waals surface area contributed by atoms with Gasteiger partial charge in [-0.1, -0.05) is 160 Å². The molecule has 0 spiro atoms. The lowest BCUT2D eigenvalue weighted by Crippen LogP contribution is -2.12. The van der Waals surface area contributed by atoms with Crippen molar-refractivity contribution in [2.24, 2.45) is 0 Å². The van der Waals surface area contributed by atoms with E-state index in [4.69, 9.17) is 9.72 Å². The highest BCUT2D eigenvalue weighted by atomic mass is 19.1. The Morgan fingerprint density at radius 2 is 1.12 bits per heavy atom. The molecule has 5 nitrogen and oxygen atoms in total. The van der Waals surface area contributed by atoms with Crippen molar-refractivity contribution in [1.29, 1.82) is 0 Å². The van der Waals surface area contributed by atoms with Crippen LogP contribution in [0.4, 0.5) is 31.5 Å². The maximum atomic E-state index is 15.5. The topological polar surface area (TPSA) is 33.1 Å². The number of benzene rings is 8. The predicted octanol–water partition coefficient (Wildman–Crippen LogP) is 21.7. The number of hydrogen-bond donors (Lipinski definition) is 0. The van der Waals surface area contributed by atoms with Gasteiger partial charge in [0.15, 0.2) is 0 Å². The van der Waals surface area contributed by atoms with Gasteiger partial charge in [-0.05, 0) is 175 Å². The summed E-state index contributed by atoms with van der Waals surface area (Å²) >= 11 is 0. The summed E-state index contributed by atoms with van der Waals surface area (Å²) in [5.41, 5.74) is 17.6. The maximum absolute atomic E-state index is 15.5. The monoisotopic (exact) mass is 1100 g/mol. The van der Waals surface area contributed by atoms with E-state index in [1.165, 1.54) is 110 Å². The number of para-hydroxylation sites is 4. The zero-order chi connectivity index (χ0) is 57.1. The average molecular weight is 1100 g/mol. The molecule has 13 rings (SSSR count). The minimum Gasteiger partial charge on any atom is -0.457 e. The Kier molecular flexibility index (Phi) is 14.4. The van der Waals surface area contributed by atoms with Crippen LogP contribution in [0.2, 0.25) is 0 Å². The van der Waals surface area contributed by atoms with Crippen LogP contribution in [0.15, 0.2) is 176 Å². The lowest BCUT2D eigenvalue weighted by atomic mass is 9.75. The van der Waals surface area contributed by atoms with E-state index >= 15 is 8.78 Å². The lowest BCUT2D eigenvalue weighted by molar-refractivity contribution is 0.436. The van der Waals surface area contributed by atoms with E-state index < -0.39 is 11.6 Å². The summed E-state index contributed by atoms with van der Waals surface area (Å²) in [6.45, 7) is 15.6. The van der Waals surface area contributed by atoms with Crippen LogP contribution in [0.3, 0.4) is 0 Å². The maximum Gasteiger partial charge on any atom is 0.503 e. The van der Waals surface area contributed by atoms with Gasteiger partial charge in [-0.25, -0.2) is 13.8 Å². The van der Waals surface area contributed by atoms with Crippen LogP contribution >= 0.6 is 0 Å². The standard InChI is InChI=1S/C76H74F2N4O/c1-48(2)52-36-53(49(3)4)38-54(37-52)65-27-19-28-66(55-39-58(77)44-59(78)40-55)75(65)81-47-80(70-30-16-17-31-71(70)81)60-41-56(74-63(50-20-10-8-11-21-50)25-18-26-64(74)51-22-12-9-13-23-51)42-62(45-60)83-61-32-33-68-67-24-14-15-29-69(67)82(72(68)46-61)73-43-57(34-35-79-73)76(5,6)7/h14-19,24-46,48-51H,8-13,20-23H2,1-7H3/q+2. The smallest absolute Gasteiger partial charge is 0.457 e. The summed E-state index contributed by atoms with van der Waals surface area (Å²) in [5.74, 6) is 2.49. The van der Waals surface area contributed by atoms with Gasteiger partial charge >= 0.3 is 6.01 Å². The number of fused-ring (bicyclic) bond motifs is 4. The molecule has 0 N–H and O–H groups in total. The molecule has 0 unspecified atom stereocenters. The molecule has 3 aliphatic rings. The number of nitrogens with zero attached hydrogens (tertiary/aromatic N) is 4. The van der Waals surface area contributed by atoms with Gasteiger partial charge in [0, 0.05) is 47.3 Å². The lowest BCUT2D eigenvalue weighted by Gasteiger charge is -2.30. The van der Waals surface area contributed by atoms with Crippen LogP contribution < -0.4 is 13.9 Å². The number of aromatic nitrogens is 2. The molecule has 2 aromatic heterocycles. The van der Waals surface area contributed by atoms with Crippen LogP contribution in [0.25, 0.3) is 61.0 Å². The van der Waals surface area contributed by atoms with Crippen molar-refractivity contribution < 1.29 is 13.5 Å². The molecule has 0 atom stereocenters. The van der Waals surface area contributed by atoms with Gasteiger partial charge in [0.25, 0.3) is 11.4 Å². The summed E-state index contributed by atoms with van der Waals surface area (Å²) in [7, 11) is 0. The zero-order valence-electron chi connectivity index (χ0n) is 49.1. The first-order valence-corrected chi connectivity index (χ1v) is 30.4. The molecular formula is C76H74F2N4O+2. The van der Waals surface area contributed by atoms with Crippen molar-refractivity contribution in [3.63, 3.8) is 0 Å². The third-order valence-corrected chi connectivity index (χ3v) is 18.0. The van der Waals surface area contributed by atoms with E-state index in [1.54, 1.807) is 0 Å².